The summed E-state index contributed by atoms with van der Waals surface area (Å²) in [7, 11) is 0. The Morgan fingerprint density at radius 1 is 1.07 bits per heavy atom. The highest BCUT2D eigenvalue weighted by Gasteiger charge is 2.42. The molecule has 156 valence electrons. The number of ether oxygens (including phenoxy) is 1. The molecule has 0 bridgehead atoms. The van der Waals surface area contributed by atoms with Crippen LogP contribution < -0.4 is 21.5 Å². The number of carbonyl (C=O) groups excluding carboxylic acids is 2. The number of H-pyrrole nitrogens is 1. The summed E-state index contributed by atoms with van der Waals surface area (Å²) in [5, 5.41) is 0. The first-order chi connectivity index (χ1) is 14.0. The summed E-state index contributed by atoms with van der Waals surface area (Å²) < 4.78 is 30.9. The molecule has 0 saturated carbocycles. The van der Waals surface area contributed by atoms with E-state index in [1.165, 1.54) is 0 Å². The third-order valence-corrected chi connectivity index (χ3v) is 5.01. The summed E-state index contributed by atoms with van der Waals surface area (Å²) >= 11 is 0. The van der Waals surface area contributed by atoms with E-state index in [0.717, 1.165) is 0 Å². The van der Waals surface area contributed by atoms with Gasteiger partial charge in [-0.3, -0.25) is 14.6 Å². The molecule has 0 radical (unpaired) electrons. The van der Waals surface area contributed by atoms with Crippen molar-refractivity contribution in [3.05, 3.63) is 82.7 Å². The number of alkyl halides is 2. The normalized spacial score (nSPS) is 13.6. The Morgan fingerprint density at radius 2 is 1.73 bits per heavy atom. The molecule has 0 saturated heterocycles. The Morgan fingerprint density at radius 3 is 2.37 bits per heavy atom. The van der Waals surface area contributed by atoms with Gasteiger partial charge < -0.3 is 21.7 Å². The SMILES string of the molecule is CC(c1ccccn1)c1[nH]c2c([n+]1CCOC(F)F)C(=O)c1ccccc1C2=O.[Br-]. The summed E-state index contributed by atoms with van der Waals surface area (Å²) in [5.41, 5.74) is 1.64. The number of halogens is 3. The molecule has 1 aromatic carbocycles. The third kappa shape index (κ3) is 3.82. The van der Waals surface area contributed by atoms with Crippen LogP contribution in [0.25, 0.3) is 0 Å². The van der Waals surface area contributed by atoms with Gasteiger partial charge in [0.1, 0.15) is 6.54 Å². The van der Waals surface area contributed by atoms with Crippen molar-refractivity contribution >= 4 is 11.6 Å². The van der Waals surface area contributed by atoms with Gasteiger partial charge in [0.2, 0.25) is 23.0 Å². The number of hydrogen-bond donors (Lipinski definition) is 1. The molecule has 1 aliphatic rings. The lowest BCUT2D eigenvalue weighted by Crippen LogP contribution is -3.00. The number of nitrogens with zero attached hydrogens (tertiary/aromatic N) is 2. The van der Waals surface area contributed by atoms with Gasteiger partial charge in [0, 0.05) is 17.3 Å². The number of nitrogens with one attached hydrogen (secondary N) is 1. The second kappa shape index (κ2) is 8.93. The van der Waals surface area contributed by atoms with Gasteiger partial charge in [-0.15, -0.1) is 0 Å². The number of pyridine rings is 1. The number of rotatable bonds is 6. The van der Waals surface area contributed by atoms with Gasteiger partial charge in [0.15, 0.2) is 0 Å². The Hall–Kier alpha value is -2.78. The first-order valence-corrected chi connectivity index (χ1v) is 9.14. The van der Waals surface area contributed by atoms with Crippen LogP contribution in [-0.4, -0.2) is 34.8 Å². The highest BCUT2D eigenvalue weighted by Crippen LogP contribution is 2.28. The average molecular weight is 478 g/mol. The van der Waals surface area contributed by atoms with E-state index in [1.54, 1.807) is 41.1 Å². The summed E-state index contributed by atoms with van der Waals surface area (Å²) in [4.78, 5) is 33.5. The number of aromatic nitrogens is 3. The maximum absolute atomic E-state index is 13.1. The van der Waals surface area contributed by atoms with E-state index >= 15 is 0 Å². The first-order valence-electron chi connectivity index (χ1n) is 9.14. The predicted octanol–water partition coefficient (Wildman–Crippen LogP) is -0.132. The smallest absolute Gasteiger partial charge is 0.345 e. The molecule has 1 N–H and O–H groups in total. The van der Waals surface area contributed by atoms with Gasteiger partial charge in [-0.05, 0) is 19.1 Å². The van der Waals surface area contributed by atoms with E-state index in [9.17, 15) is 18.4 Å². The molecule has 0 spiro atoms. The lowest BCUT2D eigenvalue weighted by molar-refractivity contribution is -0.707. The van der Waals surface area contributed by atoms with E-state index < -0.39 is 6.61 Å². The van der Waals surface area contributed by atoms with E-state index in [0.29, 0.717) is 22.6 Å². The zero-order chi connectivity index (χ0) is 20.5. The molecule has 0 fully saturated rings. The third-order valence-electron chi connectivity index (χ3n) is 5.01. The van der Waals surface area contributed by atoms with Crippen LogP contribution in [0.2, 0.25) is 0 Å². The van der Waals surface area contributed by atoms with Crippen molar-refractivity contribution in [2.75, 3.05) is 6.61 Å². The van der Waals surface area contributed by atoms with Gasteiger partial charge in [-0.25, -0.2) is 9.55 Å². The van der Waals surface area contributed by atoms with Crippen molar-refractivity contribution in [3.8, 4) is 0 Å². The Labute approximate surface area is 181 Å². The lowest BCUT2D eigenvalue weighted by atomic mass is 9.90. The Kier molecular flexibility index (Phi) is 6.52. The average Bonchev–Trinajstić information content (AvgIpc) is 3.12. The van der Waals surface area contributed by atoms with Crippen LogP contribution in [0.4, 0.5) is 8.78 Å². The molecule has 2 aromatic heterocycles. The zero-order valence-electron chi connectivity index (χ0n) is 15.9. The maximum atomic E-state index is 13.1. The number of ketones is 2. The van der Waals surface area contributed by atoms with Crippen molar-refractivity contribution in [1.82, 2.24) is 9.97 Å². The minimum atomic E-state index is -2.92. The fraction of sp³-hybridized carbons (Fsp3) is 0.238. The van der Waals surface area contributed by atoms with Gasteiger partial charge in [-0.2, -0.15) is 8.78 Å². The zero-order valence-corrected chi connectivity index (χ0v) is 17.5. The van der Waals surface area contributed by atoms with Crippen molar-refractivity contribution in [2.24, 2.45) is 0 Å². The molecule has 0 aliphatic heterocycles. The van der Waals surface area contributed by atoms with Gasteiger partial charge >= 0.3 is 6.61 Å². The highest BCUT2D eigenvalue weighted by molar-refractivity contribution is 6.26. The van der Waals surface area contributed by atoms with E-state index in [2.05, 4.69) is 14.7 Å². The van der Waals surface area contributed by atoms with Gasteiger partial charge in [-0.1, -0.05) is 30.3 Å². The van der Waals surface area contributed by atoms with Crippen LogP contribution in [-0.2, 0) is 11.3 Å². The van der Waals surface area contributed by atoms with Crippen molar-refractivity contribution in [3.63, 3.8) is 0 Å². The molecule has 0 amide bonds. The molecule has 1 unspecified atom stereocenters. The van der Waals surface area contributed by atoms with Crippen molar-refractivity contribution < 1.29 is 44.7 Å². The largest absolute Gasteiger partial charge is 1.00 e. The highest BCUT2D eigenvalue weighted by atomic mass is 79.9. The summed E-state index contributed by atoms with van der Waals surface area (Å²) in [5.74, 6) is -0.417. The number of imidazole rings is 1. The van der Waals surface area contributed by atoms with Crippen LogP contribution in [0.5, 0.6) is 0 Å². The van der Waals surface area contributed by atoms with Crippen molar-refractivity contribution in [2.45, 2.75) is 26.0 Å². The number of benzene rings is 1. The molecule has 4 rings (SSSR count). The molecule has 3 aromatic rings. The van der Waals surface area contributed by atoms with Gasteiger partial charge in [0.25, 0.3) is 5.82 Å². The monoisotopic (exact) mass is 477 g/mol. The number of fused-ring (bicyclic) bond motifs is 2. The fourth-order valence-corrected chi connectivity index (χ4v) is 3.63. The minimum Gasteiger partial charge on any atom is -1.00 e. The molecule has 1 aliphatic carbocycles. The second-order valence-corrected chi connectivity index (χ2v) is 6.70. The second-order valence-electron chi connectivity index (χ2n) is 6.70. The minimum absolute atomic E-state index is 0. The molecule has 1 atom stereocenters. The fourth-order valence-electron chi connectivity index (χ4n) is 3.63. The topological polar surface area (TPSA) is 75.9 Å². The number of hydrogen-bond acceptors (Lipinski definition) is 4. The summed E-state index contributed by atoms with van der Waals surface area (Å²) in [6.07, 6.45) is 1.64. The van der Waals surface area contributed by atoms with Crippen LogP contribution in [0.15, 0.2) is 48.7 Å². The molecular weight excluding hydrogens is 460 g/mol. The quantitative estimate of drug-likeness (QED) is 0.392. The van der Waals surface area contributed by atoms with Crippen molar-refractivity contribution in [1.29, 1.82) is 0 Å². The van der Waals surface area contributed by atoms with Crippen LogP contribution in [0.1, 0.15) is 56.5 Å². The van der Waals surface area contributed by atoms with Crippen LogP contribution >= 0.6 is 0 Å². The lowest BCUT2D eigenvalue weighted by Gasteiger charge is -2.13. The molecular formula is C21H18BrF2N3O3. The Bertz CT molecular complexity index is 1090. The molecule has 9 heteroatoms. The van der Waals surface area contributed by atoms with E-state index in [1.807, 2.05) is 19.1 Å². The first kappa shape index (κ1) is 21.9. The van der Waals surface area contributed by atoms with E-state index in [-0.39, 0.29) is 59.0 Å². The number of carbonyl (C=O) groups is 2. The van der Waals surface area contributed by atoms with E-state index in [4.69, 9.17) is 0 Å². The molecule has 2 heterocycles. The summed E-state index contributed by atoms with van der Waals surface area (Å²) in [6.45, 7) is -1.37. The number of aromatic amines is 1. The molecule has 30 heavy (non-hydrogen) atoms. The Balaban J connectivity index is 0.00000256. The standard InChI is InChI=1S/C21H17F2N3O3.BrH/c1-12(15-8-4-5-9-24-15)20-25-16-17(26(20)10-11-29-21(22)23)19(28)14-7-3-2-6-13(14)18(16)27;/h2-9,12,21H,10-11H2,1H3;1H. The molecule has 6 nitrogen and oxygen atoms in total. The van der Waals surface area contributed by atoms with Crippen LogP contribution in [0.3, 0.4) is 0 Å². The van der Waals surface area contributed by atoms with Crippen LogP contribution in [0, 0.1) is 0 Å². The maximum Gasteiger partial charge on any atom is 0.345 e. The summed E-state index contributed by atoms with van der Waals surface area (Å²) in [6, 6.07) is 12.0. The van der Waals surface area contributed by atoms with Gasteiger partial charge in [0.05, 0.1) is 18.2 Å². The predicted molar refractivity (Wildman–Crippen MR) is 98.0 cm³/mol.